The van der Waals surface area contributed by atoms with Crippen molar-refractivity contribution in [2.24, 2.45) is 5.84 Å². The lowest BCUT2D eigenvalue weighted by Gasteiger charge is -2.08. The van der Waals surface area contributed by atoms with Crippen molar-refractivity contribution in [2.75, 3.05) is 5.43 Å². The summed E-state index contributed by atoms with van der Waals surface area (Å²) in [4.78, 5) is 4.51. The Morgan fingerprint density at radius 1 is 1.15 bits per heavy atom. The van der Waals surface area contributed by atoms with Crippen molar-refractivity contribution in [3.8, 4) is 11.5 Å². The lowest BCUT2D eigenvalue weighted by atomic mass is 10.1. The maximum absolute atomic E-state index is 5.79. The van der Waals surface area contributed by atoms with E-state index in [1.54, 1.807) is 0 Å². The third kappa shape index (κ3) is 1.85. The van der Waals surface area contributed by atoms with Gasteiger partial charge >= 0.3 is 0 Å². The molecule has 100 valence electrons. The molecule has 0 amide bonds. The second kappa shape index (κ2) is 4.35. The van der Waals surface area contributed by atoms with Crippen molar-refractivity contribution in [1.82, 2.24) is 4.98 Å². The predicted molar refractivity (Wildman–Crippen MR) is 79.2 cm³/mol. The minimum absolute atomic E-state index is 0.630. The van der Waals surface area contributed by atoms with Crippen LogP contribution in [0.4, 0.5) is 5.69 Å². The van der Waals surface area contributed by atoms with Gasteiger partial charge in [0.2, 0.25) is 5.89 Å². The molecule has 2 aromatic carbocycles. The largest absolute Gasteiger partial charge is 0.436 e. The van der Waals surface area contributed by atoms with Gasteiger partial charge in [-0.1, -0.05) is 18.2 Å². The summed E-state index contributed by atoms with van der Waals surface area (Å²) in [5, 5.41) is 0. The molecule has 3 N–H and O–H groups in total. The van der Waals surface area contributed by atoms with E-state index < -0.39 is 0 Å². The molecule has 0 atom stereocenters. The standard InChI is InChI=1S/C16H15N3O/c17-19-14-9-11(7-8-12(14)10-5-6-10)16-18-13-3-1-2-4-15(13)20-16/h1-4,7-10,19H,5-6,17H2. The number of nitrogen functional groups attached to an aromatic ring is 1. The molecular formula is C16H15N3O. The highest BCUT2D eigenvalue weighted by atomic mass is 16.3. The summed E-state index contributed by atoms with van der Waals surface area (Å²) in [6, 6.07) is 14.0. The van der Waals surface area contributed by atoms with Gasteiger partial charge in [0.15, 0.2) is 5.58 Å². The van der Waals surface area contributed by atoms with Crippen LogP contribution in [0.1, 0.15) is 24.3 Å². The van der Waals surface area contributed by atoms with E-state index in [4.69, 9.17) is 10.3 Å². The van der Waals surface area contributed by atoms with Crippen LogP contribution in [0, 0.1) is 0 Å². The van der Waals surface area contributed by atoms with E-state index in [1.807, 2.05) is 30.3 Å². The summed E-state index contributed by atoms with van der Waals surface area (Å²) in [7, 11) is 0. The number of nitrogens with zero attached hydrogens (tertiary/aromatic N) is 1. The number of hydrazine groups is 1. The van der Waals surface area contributed by atoms with Gasteiger partial charge < -0.3 is 9.84 Å². The van der Waals surface area contributed by atoms with Gasteiger partial charge in [0.05, 0.1) is 5.69 Å². The number of fused-ring (bicyclic) bond motifs is 1. The number of hydrogen-bond donors (Lipinski definition) is 2. The molecule has 0 bridgehead atoms. The molecule has 0 radical (unpaired) electrons. The molecule has 4 nitrogen and oxygen atoms in total. The first-order valence-corrected chi connectivity index (χ1v) is 6.81. The van der Waals surface area contributed by atoms with Crippen LogP contribution < -0.4 is 11.3 Å². The number of aromatic nitrogens is 1. The molecule has 1 heterocycles. The van der Waals surface area contributed by atoms with Gasteiger partial charge in [-0.15, -0.1) is 0 Å². The van der Waals surface area contributed by atoms with Gasteiger partial charge in [-0.3, -0.25) is 5.84 Å². The molecule has 20 heavy (non-hydrogen) atoms. The quantitative estimate of drug-likeness (QED) is 0.560. The number of nitrogens with one attached hydrogen (secondary N) is 1. The van der Waals surface area contributed by atoms with Gasteiger partial charge in [0.1, 0.15) is 5.52 Å². The lowest BCUT2D eigenvalue weighted by molar-refractivity contribution is 0.620. The van der Waals surface area contributed by atoms with Crippen LogP contribution in [0.15, 0.2) is 46.9 Å². The molecule has 0 spiro atoms. The highest BCUT2D eigenvalue weighted by Gasteiger charge is 2.26. The zero-order valence-electron chi connectivity index (χ0n) is 11.0. The SMILES string of the molecule is NNc1cc(-c2nc3ccccc3o2)ccc1C1CC1. The average molecular weight is 265 g/mol. The van der Waals surface area contributed by atoms with E-state index in [2.05, 4.69) is 22.5 Å². The minimum Gasteiger partial charge on any atom is -0.436 e. The van der Waals surface area contributed by atoms with Crippen LogP contribution in [0.25, 0.3) is 22.6 Å². The molecule has 4 heteroatoms. The van der Waals surface area contributed by atoms with Crippen molar-refractivity contribution >= 4 is 16.8 Å². The molecule has 0 saturated heterocycles. The molecule has 1 aromatic heterocycles. The second-order valence-electron chi connectivity index (χ2n) is 5.21. The van der Waals surface area contributed by atoms with Crippen LogP contribution in [0.2, 0.25) is 0 Å². The van der Waals surface area contributed by atoms with E-state index in [1.165, 1.54) is 18.4 Å². The first kappa shape index (κ1) is 11.5. The van der Waals surface area contributed by atoms with Gasteiger partial charge in [-0.25, -0.2) is 4.98 Å². The van der Waals surface area contributed by atoms with Crippen LogP contribution in [0.3, 0.4) is 0 Å². The van der Waals surface area contributed by atoms with Crippen molar-refractivity contribution in [3.05, 3.63) is 48.0 Å². The highest BCUT2D eigenvalue weighted by molar-refractivity contribution is 5.77. The van der Waals surface area contributed by atoms with Gasteiger partial charge in [0, 0.05) is 5.56 Å². The molecular weight excluding hydrogens is 250 g/mol. The summed E-state index contributed by atoms with van der Waals surface area (Å²) in [6.07, 6.45) is 2.49. The number of benzene rings is 2. The molecule has 1 fully saturated rings. The van der Waals surface area contributed by atoms with E-state index in [9.17, 15) is 0 Å². The molecule has 1 aliphatic carbocycles. The molecule has 3 aromatic rings. The minimum atomic E-state index is 0.630. The van der Waals surface area contributed by atoms with Crippen molar-refractivity contribution < 1.29 is 4.42 Å². The van der Waals surface area contributed by atoms with E-state index in [0.717, 1.165) is 22.4 Å². The molecule has 1 aliphatic rings. The summed E-state index contributed by atoms with van der Waals surface area (Å²) < 4.78 is 5.79. The first-order chi connectivity index (χ1) is 9.85. The van der Waals surface area contributed by atoms with Crippen molar-refractivity contribution in [2.45, 2.75) is 18.8 Å². The Morgan fingerprint density at radius 3 is 2.75 bits per heavy atom. The fourth-order valence-electron chi connectivity index (χ4n) is 2.56. The molecule has 1 saturated carbocycles. The monoisotopic (exact) mass is 265 g/mol. The fraction of sp³-hybridized carbons (Fsp3) is 0.188. The molecule has 4 rings (SSSR count). The third-order valence-electron chi connectivity index (χ3n) is 3.77. The topological polar surface area (TPSA) is 64.1 Å². The Kier molecular flexibility index (Phi) is 2.50. The predicted octanol–water partition coefficient (Wildman–Crippen LogP) is 3.66. The second-order valence-corrected chi connectivity index (χ2v) is 5.21. The van der Waals surface area contributed by atoms with Crippen LogP contribution >= 0.6 is 0 Å². The fourth-order valence-corrected chi connectivity index (χ4v) is 2.56. The number of para-hydroxylation sites is 2. The first-order valence-electron chi connectivity index (χ1n) is 6.81. The average Bonchev–Trinajstić information content (AvgIpc) is 3.24. The van der Waals surface area contributed by atoms with Gasteiger partial charge in [0.25, 0.3) is 0 Å². The van der Waals surface area contributed by atoms with Gasteiger partial charge in [-0.2, -0.15) is 0 Å². The zero-order chi connectivity index (χ0) is 13.5. The Balaban J connectivity index is 1.80. The maximum atomic E-state index is 5.79. The highest BCUT2D eigenvalue weighted by Crippen LogP contribution is 2.44. The van der Waals surface area contributed by atoms with Crippen molar-refractivity contribution in [1.29, 1.82) is 0 Å². The third-order valence-corrected chi connectivity index (χ3v) is 3.77. The van der Waals surface area contributed by atoms with Crippen molar-refractivity contribution in [3.63, 3.8) is 0 Å². The van der Waals surface area contributed by atoms with E-state index >= 15 is 0 Å². The Hall–Kier alpha value is -2.33. The Morgan fingerprint density at radius 2 is 2.00 bits per heavy atom. The summed E-state index contributed by atoms with van der Waals surface area (Å²) in [5.74, 6) is 6.92. The smallest absolute Gasteiger partial charge is 0.227 e. The Bertz CT molecular complexity index is 741. The zero-order valence-corrected chi connectivity index (χ0v) is 11.0. The van der Waals surface area contributed by atoms with E-state index in [0.29, 0.717) is 11.8 Å². The number of hydrogen-bond acceptors (Lipinski definition) is 4. The lowest BCUT2D eigenvalue weighted by Crippen LogP contribution is -2.09. The van der Waals surface area contributed by atoms with E-state index in [-0.39, 0.29) is 0 Å². The number of oxazole rings is 1. The van der Waals surface area contributed by atoms with Crippen LogP contribution in [0.5, 0.6) is 0 Å². The van der Waals surface area contributed by atoms with Crippen LogP contribution in [-0.4, -0.2) is 4.98 Å². The molecule has 0 aliphatic heterocycles. The number of rotatable bonds is 3. The summed E-state index contributed by atoms with van der Waals surface area (Å²) in [5.41, 5.74) is 7.66. The Labute approximate surface area is 116 Å². The van der Waals surface area contributed by atoms with Crippen LogP contribution in [-0.2, 0) is 0 Å². The number of anilines is 1. The summed E-state index contributed by atoms with van der Waals surface area (Å²) in [6.45, 7) is 0. The summed E-state index contributed by atoms with van der Waals surface area (Å²) >= 11 is 0. The normalized spacial score (nSPS) is 14.7. The molecule has 0 unspecified atom stereocenters. The maximum Gasteiger partial charge on any atom is 0.227 e. The number of nitrogens with two attached hydrogens (primary N) is 1. The van der Waals surface area contributed by atoms with Gasteiger partial charge in [-0.05, 0) is 48.6 Å².